The average Bonchev–Trinajstić information content (AvgIpc) is 3.84. The first-order chi connectivity index (χ1) is 33.6. The number of hydrogen-bond donors (Lipinski definition) is 0. The van der Waals surface area contributed by atoms with Crippen LogP contribution in [0.4, 0.5) is 17.1 Å². The van der Waals surface area contributed by atoms with Crippen molar-refractivity contribution in [3.05, 3.63) is 265 Å². The van der Waals surface area contributed by atoms with E-state index in [0.29, 0.717) is 0 Å². The van der Waals surface area contributed by atoms with E-state index in [1.54, 1.807) is 0 Å². The molecule has 0 radical (unpaired) electrons. The number of rotatable bonds is 7. The predicted octanol–water partition coefficient (Wildman–Crippen LogP) is 17.7. The highest BCUT2D eigenvalue weighted by Crippen LogP contribution is 2.62. The monoisotopic (exact) mass is 864 g/mol. The molecule has 12 aromatic rings. The molecule has 1 unspecified atom stereocenters. The Balaban J connectivity index is 1.09. The predicted molar refractivity (Wildman–Crippen MR) is 286 cm³/mol. The summed E-state index contributed by atoms with van der Waals surface area (Å²) >= 11 is 0. The minimum atomic E-state index is -0.534. The third-order valence-electron chi connectivity index (χ3n) is 14.9. The van der Waals surface area contributed by atoms with Crippen LogP contribution in [0.5, 0.6) is 0 Å². The summed E-state index contributed by atoms with van der Waals surface area (Å²) in [6.45, 7) is 2.49. The molecule has 2 heterocycles. The SMILES string of the molecule is CC1(c2ccccc2-c2ccccc2)c2cc(N(c3cccc(-c4ccccc4)c3)c3cccc(-c4ccc5ccccc5c4)c3)cc3c2-c2c1ccc1c4ccccc4n(c21)-c1ccccc1-3. The summed E-state index contributed by atoms with van der Waals surface area (Å²) in [5.41, 5.74) is 22.7. The molecule has 0 N–H and O–H groups in total. The Morgan fingerprint density at radius 3 is 1.75 bits per heavy atom. The second-order valence-electron chi connectivity index (χ2n) is 18.6. The Kier molecular flexibility index (Phi) is 8.45. The van der Waals surface area contributed by atoms with Gasteiger partial charge in [0.1, 0.15) is 0 Å². The zero-order valence-electron chi connectivity index (χ0n) is 37.6. The van der Waals surface area contributed by atoms with Crippen LogP contribution in [0, 0.1) is 0 Å². The van der Waals surface area contributed by atoms with Gasteiger partial charge in [0.25, 0.3) is 0 Å². The first-order valence-corrected chi connectivity index (χ1v) is 23.7. The van der Waals surface area contributed by atoms with Crippen LogP contribution in [0.1, 0.15) is 23.6 Å². The van der Waals surface area contributed by atoms with Gasteiger partial charge in [0.15, 0.2) is 0 Å². The van der Waals surface area contributed by atoms with Crippen LogP contribution in [0.3, 0.4) is 0 Å². The molecule has 0 saturated heterocycles. The fourth-order valence-electron chi connectivity index (χ4n) is 11.8. The molecule has 1 aromatic heterocycles. The Morgan fingerprint density at radius 1 is 0.338 bits per heavy atom. The standard InChI is InChI=1S/C66H44N2/c1-66(58-31-13-10-28-53(58)45-21-6-3-7-22-45)59-37-36-56-54-29-11-14-32-61(54)68-62-33-15-12-30-55(62)57-41-52(42-60(66)63(57)64(59)65(56)68)67(50-26-16-24-47(39-50)43-18-4-2-5-19-43)51-27-17-25-48(40-51)49-35-34-44-20-8-9-23-46(44)38-49/h2-42H,1H3. The molecule has 0 fully saturated rings. The Morgan fingerprint density at radius 2 is 0.956 bits per heavy atom. The highest BCUT2D eigenvalue weighted by atomic mass is 15.1. The van der Waals surface area contributed by atoms with E-state index in [9.17, 15) is 0 Å². The van der Waals surface area contributed by atoms with E-state index in [2.05, 4.69) is 265 Å². The van der Waals surface area contributed by atoms with E-state index in [1.165, 1.54) is 111 Å². The number of hydrogen-bond acceptors (Lipinski definition) is 1. The maximum atomic E-state index is 2.56. The van der Waals surface area contributed by atoms with Crippen molar-refractivity contribution < 1.29 is 0 Å². The molecule has 0 bridgehead atoms. The third kappa shape index (κ3) is 5.64. The lowest BCUT2D eigenvalue weighted by Gasteiger charge is -2.33. The van der Waals surface area contributed by atoms with Crippen LogP contribution in [0.15, 0.2) is 249 Å². The summed E-state index contributed by atoms with van der Waals surface area (Å²) in [4.78, 5) is 2.50. The molecular weight excluding hydrogens is 821 g/mol. The average molecular weight is 865 g/mol. The summed E-state index contributed by atoms with van der Waals surface area (Å²) < 4.78 is 2.56. The molecule has 68 heavy (non-hydrogen) atoms. The van der Waals surface area contributed by atoms with E-state index in [-0.39, 0.29) is 0 Å². The third-order valence-corrected chi connectivity index (χ3v) is 14.9. The topological polar surface area (TPSA) is 8.17 Å². The maximum absolute atomic E-state index is 2.56. The molecular formula is C66H44N2. The summed E-state index contributed by atoms with van der Waals surface area (Å²) in [5, 5.41) is 5.03. The van der Waals surface area contributed by atoms with Crippen LogP contribution in [-0.4, -0.2) is 4.57 Å². The van der Waals surface area contributed by atoms with Crippen LogP contribution < -0.4 is 4.90 Å². The van der Waals surface area contributed by atoms with E-state index in [1.807, 2.05) is 0 Å². The molecule has 0 saturated carbocycles. The van der Waals surface area contributed by atoms with Gasteiger partial charge in [-0.25, -0.2) is 0 Å². The van der Waals surface area contributed by atoms with Crippen LogP contribution in [0.2, 0.25) is 0 Å². The molecule has 1 aliphatic carbocycles. The molecule has 2 aliphatic rings. The van der Waals surface area contributed by atoms with Crippen LogP contribution >= 0.6 is 0 Å². The van der Waals surface area contributed by atoms with Crippen molar-refractivity contribution in [3.8, 4) is 61.3 Å². The quantitative estimate of drug-likeness (QED) is 0.155. The summed E-state index contributed by atoms with van der Waals surface area (Å²) in [5.74, 6) is 0. The van der Waals surface area contributed by atoms with Crippen LogP contribution in [-0.2, 0) is 5.41 Å². The molecule has 0 amide bonds. The second-order valence-corrected chi connectivity index (χ2v) is 18.6. The van der Waals surface area contributed by atoms with E-state index >= 15 is 0 Å². The van der Waals surface area contributed by atoms with Gasteiger partial charge < -0.3 is 9.47 Å². The molecule has 0 spiro atoms. The zero-order chi connectivity index (χ0) is 44.9. The molecule has 2 nitrogen and oxygen atoms in total. The van der Waals surface area contributed by atoms with Crippen molar-refractivity contribution in [1.82, 2.24) is 4.57 Å². The lowest BCUT2D eigenvalue weighted by molar-refractivity contribution is 0.716. The van der Waals surface area contributed by atoms with Crippen molar-refractivity contribution in [2.24, 2.45) is 0 Å². The summed E-state index contributed by atoms with van der Waals surface area (Å²) in [6, 6.07) is 92.3. The van der Waals surface area contributed by atoms with Gasteiger partial charge >= 0.3 is 0 Å². The fraction of sp³-hybridized carbons (Fsp3) is 0.0303. The van der Waals surface area contributed by atoms with E-state index < -0.39 is 5.41 Å². The van der Waals surface area contributed by atoms with Crippen molar-refractivity contribution >= 4 is 49.6 Å². The van der Waals surface area contributed by atoms with Gasteiger partial charge in [0.2, 0.25) is 0 Å². The van der Waals surface area contributed by atoms with Gasteiger partial charge in [0.05, 0.1) is 16.7 Å². The first-order valence-electron chi connectivity index (χ1n) is 23.7. The fourth-order valence-corrected chi connectivity index (χ4v) is 11.8. The van der Waals surface area contributed by atoms with Gasteiger partial charge in [-0.3, -0.25) is 0 Å². The molecule has 1 atom stereocenters. The number of fused-ring (bicyclic) bond motifs is 7. The molecule has 318 valence electrons. The number of para-hydroxylation sites is 2. The van der Waals surface area contributed by atoms with E-state index in [4.69, 9.17) is 0 Å². The smallest absolute Gasteiger partial charge is 0.0623 e. The van der Waals surface area contributed by atoms with Gasteiger partial charge in [0, 0.05) is 44.4 Å². The van der Waals surface area contributed by atoms with Crippen molar-refractivity contribution in [2.45, 2.75) is 12.3 Å². The van der Waals surface area contributed by atoms with Gasteiger partial charge in [-0.15, -0.1) is 0 Å². The first kappa shape index (κ1) is 38.5. The Bertz CT molecular complexity index is 3990. The zero-order valence-corrected chi connectivity index (χ0v) is 37.6. The van der Waals surface area contributed by atoms with Crippen LogP contribution in [0.25, 0.3) is 93.9 Å². The lowest BCUT2D eigenvalue weighted by atomic mass is 9.71. The molecule has 2 heteroatoms. The molecule has 14 rings (SSSR count). The summed E-state index contributed by atoms with van der Waals surface area (Å²) in [6.07, 6.45) is 0. The highest BCUT2D eigenvalue weighted by molar-refractivity contribution is 6.19. The van der Waals surface area contributed by atoms with Crippen molar-refractivity contribution in [1.29, 1.82) is 0 Å². The minimum Gasteiger partial charge on any atom is -0.310 e. The largest absolute Gasteiger partial charge is 0.310 e. The Hall–Kier alpha value is -8.72. The number of anilines is 3. The minimum absolute atomic E-state index is 0.534. The number of benzene rings is 11. The second kappa shape index (κ2) is 14.9. The summed E-state index contributed by atoms with van der Waals surface area (Å²) in [7, 11) is 0. The highest BCUT2D eigenvalue weighted by Gasteiger charge is 2.46. The van der Waals surface area contributed by atoms with Gasteiger partial charge in [-0.1, -0.05) is 194 Å². The Labute approximate surface area is 396 Å². The number of aromatic nitrogens is 1. The maximum Gasteiger partial charge on any atom is 0.0623 e. The normalized spacial score (nSPS) is 14.3. The number of nitrogens with zero attached hydrogens (tertiary/aromatic N) is 2. The van der Waals surface area contributed by atoms with E-state index in [0.717, 1.165) is 17.1 Å². The van der Waals surface area contributed by atoms with Gasteiger partial charge in [-0.2, -0.15) is 0 Å². The lowest BCUT2D eigenvalue weighted by Crippen LogP contribution is -2.24. The van der Waals surface area contributed by atoms with Crippen molar-refractivity contribution in [2.75, 3.05) is 4.90 Å². The van der Waals surface area contributed by atoms with Gasteiger partial charge in [-0.05, 0) is 133 Å². The molecule has 11 aromatic carbocycles. The molecule has 1 aliphatic heterocycles. The van der Waals surface area contributed by atoms with Crippen molar-refractivity contribution in [3.63, 3.8) is 0 Å².